The molecule has 2 aromatic rings. The highest BCUT2D eigenvalue weighted by Crippen LogP contribution is 2.24. The number of benzene rings is 2. The fourth-order valence-electron chi connectivity index (χ4n) is 1.96. The van der Waals surface area contributed by atoms with E-state index in [1.54, 1.807) is 23.9 Å². The molecule has 0 fully saturated rings. The van der Waals surface area contributed by atoms with E-state index in [4.69, 9.17) is 5.11 Å². The highest BCUT2D eigenvalue weighted by molar-refractivity contribution is 7.98. The van der Waals surface area contributed by atoms with Gasteiger partial charge in [-0.3, -0.25) is 4.79 Å². The third kappa shape index (κ3) is 4.34. The fraction of sp³-hybridized carbons (Fsp3) is 0.188. The van der Waals surface area contributed by atoms with Crippen LogP contribution in [0.25, 0.3) is 11.1 Å². The maximum Gasteiger partial charge on any atom is 0.321 e. The number of hydrogen-bond donors (Lipinski definition) is 2. The Hall–Kier alpha value is -1.83. The standard InChI is InChI=1S/C16H17NO4S2/c1-11(16(18)19)17-23(20,21)15-9-5-13(6-10-15)12-3-7-14(22-2)8-4-12/h3-11,17H,1-2H3,(H,18,19)/t11-/m0/s1. The minimum absolute atomic E-state index is 0.0371. The number of rotatable bonds is 6. The number of nitrogens with one attached hydrogen (secondary N) is 1. The second-order valence-corrected chi connectivity index (χ2v) is 7.53. The molecule has 2 N–H and O–H groups in total. The van der Waals surface area contributed by atoms with E-state index in [9.17, 15) is 13.2 Å². The molecule has 0 aliphatic rings. The van der Waals surface area contributed by atoms with Gasteiger partial charge in [-0.05, 0) is 48.6 Å². The van der Waals surface area contributed by atoms with E-state index in [2.05, 4.69) is 4.72 Å². The van der Waals surface area contributed by atoms with Crippen LogP contribution in [0.2, 0.25) is 0 Å². The summed E-state index contributed by atoms with van der Waals surface area (Å²) in [5.41, 5.74) is 1.88. The number of hydrogen-bond acceptors (Lipinski definition) is 4. The highest BCUT2D eigenvalue weighted by Gasteiger charge is 2.21. The van der Waals surface area contributed by atoms with E-state index in [-0.39, 0.29) is 4.90 Å². The zero-order valence-electron chi connectivity index (χ0n) is 12.7. The van der Waals surface area contributed by atoms with Gasteiger partial charge in [0.25, 0.3) is 0 Å². The largest absolute Gasteiger partial charge is 0.480 e. The van der Waals surface area contributed by atoms with Crippen molar-refractivity contribution in [3.05, 3.63) is 48.5 Å². The first kappa shape index (κ1) is 17.5. The summed E-state index contributed by atoms with van der Waals surface area (Å²) in [6, 6.07) is 13.1. The number of carbonyl (C=O) groups is 1. The lowest BCUT2D eigenvalue weighted by Crippen LogP contribution is -2.38. The van der Waals surface area contributed by atoms with Crippen LogP contribution in [0.4, 0.5) is 0 Å². The van der Waals surface area contributed by atoms with Crippen LogP contribution in [0.3, 0.4) is 0 Å². The minimum Gasteiger partial charge on any atom is -0.480 e. The maximum absolute atomic E-state index is 12.1. The van der Waals surface area contributed by atoms with E-state index >= 15 is 0 Å². The van der Waals surface area contributed by atoms with Gasteiger partial charge in [0, 0.05) is 4.90 Å². The summed E-state index contributed by atoms with van der Waals surface area (Å²) in [5.74, 6) is -1.22. The molecule has 0 aromatic heterocycles. The predicted octanol–water partition coefficient (Wildman–Crippen LogP) is 2.83. The SMILES string of the molecule is CSc1ccc(-c2ccc(S(=O)(=O)N[C@@H](C)C(=O)O)cc2)cc1. The van der Waals surface area contributed by atoms with Gasteiger partial charge in [-0.25, -0.2) is 8.42 Å². The highest BCUT2D eigenvalue weighted by atomic mass is 32.2. The molecule has 2 aromatic carbocycles. The Morgan fingerprint density at radius 1 is 1.04 bits per heavy atom. The molecule has 0 heterocycles. The summed E-state index contributed by atoms with van der Waals surface area (Å²) in [6.45, 7) is 1.28. The van der Waals surface area contributed by atoms with Crippen LogP contribution >= 0.6 is 11.8 Å². The lowest BCUT2D eigenvalue weighted by Gasteiger charge is -2.11. The lowest BCUT2D eigenvalue weighted by molar-refractivity contribution is -0.138. The van der Waals surface area contributed by atoms with Gasteiger partial charge in [-0.15, -0.1) is 11.8 Å². The number of carboxylic acid groups (broad SMARTS) is 1. The molecule has 1 atom stereocenters. The molecule has 7 heteroatoms. The molecule has 0 unspecified atom stereocenters. The smallest absolute Gasteiger partial charge is 0.321 e. The summed E-state index contributed by atoms with van der Waals surface area (Å²) < 4.78 is 26.3. The Kier molecular flexibility index (Phi) is 5.46. The van der Waals surface area contributed by atoms with E-state index in [1.165, 1.54) is 19.1 Å². The first-order valence-electron chi connectivity index (χ1n) is 6.83. The summed E-state index contributed by atoms with van der Waals surface area (Å²) >= 11 is 1.65. The first-order valence-corrected chi connectivity index (χ1v) is 9.54. The topological polar surface area (TPSA) is 83.5 Å². The molecular formula is C16H17NO4S2. The van der Waals surface area contributed by atoms with Crippen LogP contribution in [0, 0.1) is 0 Å². The molecular weight excluding hydrogens is 334 g/mol. The quantitative estimate of drug-likeness (QED) is 0.782. The molecule has 2 rings (SSSR count). The van der Waals surface area contributed by atoms with Crippen molar-refractivity contribution in [2.45, 2.75) is 22.8 Å². The summed E-state index contributed by atoms with van der Waals surface area (Å²) in [6.07, 6.45) is 2.00. The molecule has 0 radical (unpaired) electrons. The van der Waals surface area contributed by atoms with Gasteiger partial charge in [0.05, 0.1) is 4.90 Å². The molecule has 122 valence electrons. The average Bonchev–Trinajstić information content (AvgIpc) is 2.54. The molecule has 0 aliphatic heterocycles. The van der Waals surface area contributed by atoms with Crippen LogP contribution in [0.1, 0.15) is 6.92 Å². The third-order valence-corrected chi connectivity index (χ3v) is 5.59. The Morgan fingerprint density at radius 2 is 1.52 bits per heavy atom. The van der Waals surface area contributed by atoms with E-state index in [0.717, 1.165) is 16.0 Å². The van der Waals surface area contributed by atoms with E-state index in [1.807, 2.05) is 30.5 Å². The third-order valence-electron chi connectivity index (χ3n) is 3.29. The number of carboxylic acids is 1. The Balaban J connectivity index is 2.22. The van der Waals surface area contributed by atoms with Gasteiger partial charge in [-0.2, -0.15) is 4.72 Å². The second-order valence-electron chi connectivity index (χ2n) is 4.93. The van der Waals surface area contributed by atoms with Crippen LogP contribution in [0.15, 0.2) is 58.3 Å². The van der Waals surface area contributed by atoms with Gasteiger partial charge in [0.2, 0.25) is 10.0 Å². The van der Waals surface area contributed by atoms with E-state index < -0.39 is 22.0 Å². The van der Waals surface area contributed by atoms with Crippen molar-refractivity contribution in [2.75, 3.05) is 6.26 Å². The molecule has 23 heavy (non-hydrogen) atoms. The maximum atomic E-state index is 12.1. The molecule has 0 aliphatic carbocycles. The second kappa shape index (κ2) is 7.16. The van der Waals surface area contributed by atoms with Crippen molar-refractivity contribution in [2.24, 2.45) is 0 Å². The molecule has 0 saturated carbocycles. The number of thioether (sulfide) groups is 1. The molecule has 0 spiro atoms. The average molecular weight is 351 g/mol. The molecule has 0 amide bonds. The van der Waals surface area contributed by atoms with Gasteiger partial charge >= 0.3 is 5.97 Å². The Bertz CT molecular complexity index is 784. The monoisotopic (exact) mass is 351 g/mol. The summed E-state index contributed by atoms with van der Waals surface area (Å²) in [5, 5.41) is 8.80. The van der Waals surface area contributed by atoms with Gasteiger partial charge in [0.15, 0.2) is 0 Å². The molecule has 5 nitrogen and oxygen atoms in total. The van der Waals surface area contributed by atoms with Crippen molar-refractivity contribution in [3.8, 4) is 11.1 Å². The Morgan fingerprint density at radius 3 is 1.96 bits per heavy atom. The predicted molar refractivity (Wildman–Crippen MR) is 91.1 cm³/mol. The zero-order valence-corrected chi connectivity index (χ0v) is 14.3. The normalized spacial score (nSPS) is 12.8. The van der Waals surface area contributed by atoms with Crippen molar-refractivity contribution < 1.29 is 18.3 Å². The van der Waals surface area contributed by atoms with Crippen LogP contribution in [-0.2, 0) is 14.8 Å². The fourth-order valence-corrected chi connectivity index (χ4v) is 3.57. The number of aliphatic carboxylic acids is 1. The zero-order chi connectivity index (χ0) is 17.0. The lowest BCUT2D eigenvalue weighted by atomic mass is 10.1. The van der Waals surface area contributed by atoms with Crippen LogP contribution in [-0.4, -0.2) is 31.8 Å². The Labute approximate surface area is 139 Å². The van der Waals surface area contributed by atoms with Crippen molar-refractivity contribution in [3.63, 3.8) is 0 Å². The van der Waals surface area contributed by atoms with Gasteiger partial charge in [-0.1, -0.05) is 24.3 Å². The summed E-state index contributed by atoms with van der Waals surface area (Å²) in [7, 11) is -3.85. The van der Waals surface area contributed by atoms with E-state index in [0.29, 0.717) is 0 Å². The first-order chi connectivity index (χ1) is 10.8. The summed E-state index contributed by atoms with van der Waals surface area (Å²) in [4.78, 5) is 12.0. The van der Waals surface area contributed by atoms with Crippen molar-refractivity contribution in [1.29, 1.82) is 0 Å². The van der Waals surface area contributed by atoms with Gasteiger partial charge < -0.3 is 5.11 Å². The van der Waals surface area contributed by atoms with Gasteiger partial charge in [0.1, 0.15) is 6.04 Å². The van der Waals surface area contributed by atoms with Crippen molar-refractivity contribution >= 4 is 27.8 Å². The van der Waals surface area contributed by atoms with Crippen LogP contribution in [0.5, 0.6) is 0 Å². The number of sulfonamides is 1. The molecule has 0 saturated heterocycles. The van der Waals surface area contributed by atoms with Crippen LogP contribution < -0.4 is 4.72 Å². The van der Waals surface area contributed by atoms with Crippen molar-refractivity contribution in [1.82, 2.24) is 4.72 Å². The minimum atomic E-state index is -3.85. The molecule has 0 bridgehead atoms.